The van der Waals surface area contributed by atoms with Gasteiger partial charge in [-0.2, -0.15) is 0 Å². The molecule has 0 unspecified atom stereocenters. The van der Waals surface area contributed by atoms with Gasteiger partial charge in [-0.1, -0.05) is 0 Å². The molecule has 0 radical (unpaired) electrons. The summed E-state index contributed by atoms with van der Waals surface area (Å²) in [6, 6.07) is 1.07. The first kappa shape index (κ1) is 17.1. The molecule has 3 saturated heterocycles. The van der Waals surface area contributed by atoms with Crippen LogP contribution in [0.15, 0.2) is 0 Å². The average molecular weight is 324 g/mol. The van der Waals surface area contributed by atoms with E-state index in [1.165, 1.54) is 12.8 Å². The van der Waals surface area contributed by atoms with Gasteiger partial charge in [-0.05, 0) is 32.7 Å². The van der Waals surface area contributed by atoms with Gasteiger partial charge in [0.05, 0.1) is 6.54 Å². The number of hydrogen-bond donors (Lipinski definition) is 1. The molecule has 6 nitrogen and oxygen atoms in total. The first-order valence-corrected chi connectivity index (χ1v) is 9.23. The molecule has 0 aromatic rings. The normalized spacial score (nSPS) is 27.2. The van der Waals surface area contributed by atoms with Crippen LogP contribution in [0.5, 0.6) is 0 Å². The zero-order valence-corrected chi connectivity index (χ0v) is 14.5. The second-order valence-corrected chi connectivity index (χ2v) is 7.30. The SMILES string of the molecule is CN1CCN(CC(=O)NC2CCN(C3CCOCC3)CC2)CC1. The Morgan fingerprint density at radius 2 is 1.65 bits per heavy atom. The highest BCUT2D eigenvalue weighted by Crippen LogP contribution is 2.19. The lowest BCUT2D eigenvalue weighted by Gasteiger charge is -2.39. The Labute approximate surface area is 140 Å². The minimum absolute atomic E-state index is 0.207. The molecule has 6 heteroatoms. The Kier molecular flexibility index (Phi) is 6.28. The maximum absolute atomic E-state index is 12.2. The molecule has 0 bridgehead atoms. The second kappa shape index (κ2) is 8.42. The predicted molar refractivity (Wildman–Crippen MR) is 90.5 cm³/mol. The van der Waals surface area contributed by atoms with Crippen molar-refractivity contribution in [2.24, 2.45) is 0 Å². The summed E-state index contributed by atoms with van der Waals surface area (Å²) in [6.07, 6.45) is 4.51. The number of ether oxygens (including phenoxy) is 1. The van der Waals surface area contributed by atoms with E-state index in [-0.39, 0.29) is 5.91 Å². The summed E-state index contributed by atoms with van der Waals surface area (Å²) in [6.45, 7) is 8.76. The molecule has 132 valence electrons. The summed E-state index contributed by atoms with van der Waals surface area (Å²) in [7, 11) is 2.14. The Bertz CT molecular complexity index is 371. The lowest BCUT2D eigenvalue weighted by Crippen LogP contribution is -2.52. The molecule has 1 amide bonds. The highest BCUT2D eigenvalue weighted by Gasteiger charge is 2.27. The Morgan fingerprint density at radius 3 is 2.30 bits per heavy atom. The maximum Gasteiger partial charge on any atom is 0.234 e. The van der Waals surface area contributed by atoms with Crippen LogP contribution < -0.4 is 5.32 Å². The van der Waals surface area contributed by atoms with Crippen molar-refractivity contribution in [3.63, 3.8) is 0 Å². The molecule has 0 aromatic heterocycles. The molecule has 1 N–H and O–H groups in total. The van der Waals surface area contributed by atoms with Gasteiger partial charge in [0, 0.05) is 64.6 Å². The summed E-state index contributed by atoms with van der Waals surface area (Å²) in [5.41, 5.74) is 0. The fraction of sp³-hybridized carbons (Fsp3) is 0.941. The summed E-state index contributed by atoms with van der Waals surface area (Å²) in [5.74, 6) is 0.207. The summed E-state index contributed by atoms with van der Waals surface area (Å²) >= 11 is 0. The molecule has 3 aliphatic rings. The van der Waals surface area contributed by atoms with Gasteiger partial charge in [-0.15, -0.1) is 0 Å². The molecular formula is C17H32N4O2. The number of rotatable bonds is 4. The number of piperazine rings is 1. The summed E-state index contributed by atoms with van der Waals surface area (Å²) < 4.78 is 5.45. The van der Waals surface area contributed by atoms with Gasteiger partial charge in [0.25, 0.3) is 0 Å². The molecule has 3 fully saturated rings. The van der Waals surface area contributed by atoms with E-state index in [4.69, 9.17) is 4.74 Å². The van der Waals surface area contributed by atoms with Crippen LogP contribution in [0.25, 0.3) is 0 Å². The zero-order valence-electron chi connectivity index (χ0n) is 14.5. The fourth-order valence-electron chi connectivity index (χ4n) is 3.94. The van der Waals surface area contributed by atoms with E-state index in [1.807, 2.05) is 0 Å². The van der Waals surface area contributed by atoms with Gasteiger partial charge in [-0.3, -0.25) is 9.69 Å². The molecule has 0 spiro atoms. The molecule has 0 aliphatic carbocycles. The number of piperidine rings is 1. The number of likely N-dealkylation sites (N-methyl/N-ethyl adjacent to an activating group) is 1. The van der Waals surface area contributed by atoms with Crippen molar-refractivity contribution in [2.45, 2.75) is 37.8 Å². The van der Waals surface area contributed by atoms with Gasteiger partial charge in [0.2, 0.25) is 5.91 Å². The van der Waals surface area contributed by atoms with Crippen molar-refractivity contribution >= 4 is 5.91 Å². The number of nitrogens with zero attached hydrogens (tertiary/aromatic N) is 3. The van der Waals surface area contributed by atoms with Crippen LogP contribution in [0.2, 0.25) is 0 Å². The monoisotopic (exact) mass is 324 g/mol. The molecule has 0 atom stereocenters. The van der Waals surface area contributed by atoms with Crippen LogP contribution in [0.3, 0.4) is 0 Å². The van der Waals surface area contributed by atoms with Crippen molar-refractivity contribution in [1.82, 2.24) is 20.0 Å². The van der Waals surface area contributed by atoms with Crippen molar-refractivity contribution in [3.8, 4) is 0 Å². The van der Waals surface area contributed by atoms with E-state index in [0.29, 0.717) is 18.6 Å². The number of hydrogen-bond acceptors (Lipinski definition) is 5. The first-order valence-electron chi connectivity index (χ1n) is 9.23. The number of nitrogens with one attached hydrogen (secondary N) is 1. The van der Waals surface area contributed by atoms with E-state index in [2.05, 4.69) is 27.1 Å². The van der Waals surface area contributed by atoms with E-state index >= 15 is 0 Å². The first-order chi connectivity index (χ1) is 11.2. The van der Waals surface area contributed by atoms with Crippen LogP contribution in [0, 0.1) is 0 Å². The average Bonchev–Trinajstić information content (AvgIpc) is 2.58. The minimum Gasteiger partial charge on any atom is -0.381 e. The Morgan fingerprint density at radius 1 is 1.00 bits per heavy atom. The lowest BCUT2D eigenvalue weighted by atomic mass is 9.99. The number of likely N-dealkylation sites (tertiary alicyclic amines) is 1. The van der Waals surface area contributed by atoms with Gasteiger partial charge < -0.3 is 19.9 Å². The minimum atomic E-state index is 0.207. The third kappa shape index (κ3) is 5.14. The van der Waals surface area contributed by atoms with Gasteiger partial charge in [0.1, 0.15) is 0 Å². The van der Waals surface area contributed by atoms with Crippen LogP contribution in [-0.4, -0.2) is 98.8 Å². The van der Waals surface area contributed by atoms with Crippen LogP contribution in [-0.2, 0) is 9.53 Å². The maximum atomic E-state index is 12.2. The highest BCUT2D eigenvalue weighted by atomic mass is 16.5. The van der Waals surface area contributed by atoms with Crippen molar-refractivity contribution < 1.29 is 9.53 Å². The van der Waals surface area contributed by atoms with Crippen LogP contribution in [0.4, 0.5) is 0 Å². The van der Waals surface area contributed by atoms with Gasteiger partial charge in [0.15, 0.2) is 0 Å². The molecular weight excluding hydrogens is 292 g/mol. The number of carbonyl (C=O) groups is 1. The molecule has 23 heavy (non-hydrogen) atoms. The predicted octanol–water partition coefficient (Wildman–Crippen LogP) is -0.00660. The topological polar surface area (TPSA) is 48.0 Å². The van der Waals surface area contributed by atoms with Crippen LogP contribution in [0.1, 0.15) is 25.7 Å². The molecule has 3 heterocycles. The van der Waals surface area contributed by atoms with Crippen molar-refractivity contribution in [2.75, 3.05) is 66.1 Å². The third-order valence-corrected chi connectivity index (χ3v) is 5.56. The van der Waals surface area contributed by atoms with E-state index in [0.717, 1.165) is 65.3 Å². The molecule has 0 aromatic carbocycles. The standard InChI is InChI=1S/C17H32N4O2/c1-19-8-10-20(11-9-19)14-17(22)18-15-2-6-21(7-3-15)16-4-12-23-13-5-16/h15-16H,2-14H2,1H3,(H,18,22). The smallest absolute Gasteiger partial charge is 0.234 e. The van der Waals surface area contributed by atoms with Crippen molar-refractivity contribution in [3.05, 3.63) is 0 Å². The molecule has 3 rings (SSSR count). The second-order valence-electron chi connectivity index (χ2n) is 7.30. The molecule has 0 saturated carbocycles. The molecule has 3 aliphatic heterocycles. The quantitative estimate of drug-likeness (QED) is 0.788. The zero-order chi connectivity index (χ0) is 16.1. The summed E-state index contributed by atoms with van der Waals surface area (Å²) in [5, 5.41) is 3.26. The van der Waals surface area contributed by atoms with Crippen molar-refractivity contribution in [1.29, 1.82) is 0 Å². The highest BCUT2D eigenvalue weighted by molar-refractivity contribution is 5.78. The lowest BCUT2D eigenvalue weighted by molar-refractivity contribution is -0.123. The van der Waals surface area contributed by atoms with E-state index < -0.39 is 0 Å². The number of amides is 1. The fourth-order valence-corrected chi connectivity index (χ4v) is 3.94. The van der Waals surface area contributed by atoms with E-state index in [1.54, 1.807) is 0 Å². The van der Waals surface area contributed by atoms with Gasteiger partial charge >= 0.3 is 0 Å². The number of carbonyl (C=O) groups excluding carboxylic acids is 1. The Balaban J connectivity index is 1.34. The van der Waals surface area contributed by atoms with Crippen LogP contribution >= 0.6 is 0 Å². The largest absolute Gasteiger partial charge is 0.381 e. The third-order valence-electron chi connectivity index (χ3n) is 5.56. The van der Waals surface area contributed by atoms with Gasteiger partial charge in [-0.25, -0.2) is 0 Å². The summed E-state index contributed by atoms with van der Waals surface area (Å²) in [4.78, 5) is 19.4. The Hall–Kier alpha value is -0.690. The van der Waals surface area contributed by atoms with E-state index in [9.17, 15) is 4.79 Å².